The largest absolute Gasteiger partial charge is 0.496 e. The standard InChI is InChI=1S/C14H21BrN2O/c1-18-14-6-5-11(9-12(14)15)13(10-16)17-7-3-2-4-8-17/h5-6,9,13H,2-4,7-8,10,16H2,1H3. The van der Waals surface area contributed by atoms with Gasteiger partial charge in [0.15, 0.2) is 0 Å². The number of likely N-dealkylation sites (tertiary alicyclic amines) is 1. The van der Waals surface area contributed by atoms with E-state index in [2.05, 4.69) is 33.0 Å². The Morgan fingerprint density at radius 1 is 1.33 bits per heavy atom. The zero-order valence-electron chi connectivity index (χ0n) is 10.9. The van der Waals surface area contributed by atoms with Crippen molar-refractivity contribution in [3.05, 3.63) is 28.2 Å². The van der Waals surface area contributed by atoms with E-state index in [4.69, 9.17) is 10.5 Å². The highest BCUT2D eigenvalue weighted by Crippen LogP contribution is 2.31. The van der Waals surface area contributed by atoms with Gasteiger partial charge in [0.1, 0.15) is 5.75 Å². The maximum atomic E-state index is 5.97. The molecule has 0 aromatic heterocycles. The summed E-state index contributed by atoms with van der Waals surface area (Å²) in [6.07, 6.45) is 3.92. The topological polar surface area (TPSA) is 38.5 Å². The molecule has 0 bridgehead atoms. The Morgan fingerprint density at radius 2 is 2.06 bits per heavy atom. The highest BCUT2D eigenvalue weighted by atomic mass is 79.9. The maximum absolute atomic E-state index is 5.97. The smallest absolute Gasteiger partial charge is 0.133 e. The summed E-state index contributed by atoms with van der Waals surface area (Å²) in [6, 6.07) is 6.58. The van der Waals surface area contributed by atoms with Crippen LogP contribution in [0.15, 0.2) is 22.7 Å². The third kappa shape index (κ3) is 3.05. The molecule has 18 heavy (non-hydrogen) atoms. The zero-order chi connectivity index (χ0) is 13.0. The molecular weight excluding hydrogens is 292 g/mol. The normalized spacial score (nSPS) is 18.6. The van der Waals surface area contributed by atoms with Crippen LogP contribution < -0.4 is 10.5 Å². The minimum Gasteiger partial charge on any atom is -0.496 e. The van der Waals surface area contributed by atoms with Crippen LogP contribution in [0.4, 0.5) is 0 Å². The number of hydrogen-bond donors (Lipinski definition) is 1. The van der Waals surface area contributed by atoms with Crippen LogP contribution in [0.2, 0.25) is 0 Å². The van der Waals surface area contributed by atoms with Gasteiger partial charge < -0.3 is 10.5 Å². The summed E-state index contributed by atoms with van der Waals surface area (Å²) in [7, 11) is 1.69. The molecule has 0 aliphatic carbocycles. The van der Waals surface area contributed by atoms with Crippen molar-refractivity contribution in [1.29, 1.82) is 0 Å². The Hall–Kier alpha value is -0.580. The molecule has 0 radical (unpaired) electrons. The first-order valence-corrected chi connectivity index (χ1v) is 7.33. The van der Waals surface area contributed by atoms with Crippen LogP contribution in [0, 0.1) is 0 Å². The lowest BCUT2D eigenvalue weighted by molar-refractivity contribution is 0.167. The van der Waals surface area contributed by atoms with Crippen LogP contribution in [0.25, 0.3) is 0 Å². The number of nitrogens with zero attached hydrogens (tertiary/aromatic N) is 1. The molecule has 1 aromatic rings. The number of piperidine rings is 1. The fourth-order valence-corrected chi connectivity index (χ4v) is 3.17. The van der Waals surface area contributed by atoms with E-state index in [0.717, 1.165) is 23.3 Å². The molecule has 1 aliphatic rings. The highest BCUT2D eigenvalue weighted by Gasteiger charge is 2.21. The number of rotatable bonds is 4. The molecule has 2 rings (SSSR count). The highest BCUT2D eigenvalue weighted by molar-refractivity contribution is 9.10. The monoisotopic (exact) mass is 312 g/mol. The number of ether oxygens (including phenoxy) is 1. The quantitative estimate of drug-likeness (QED) is 0.929. The van der Waals surface area contributed by atoms with Gasteiger partial charge in [-0.2, -0.15) is 0 Å². The van der Waals surface area contributed by atoms with Crippen molar-refractivity contribution in [1.82, 2.24) is 4.90 Å². The van der Waals surface area contributed by atoms with Crippen molar-refractivity contribution in [2.75, 3.05) is 26.7 Å². The van der Waals surface area contributed by atoms with Crippen LogP contribution >= 0.6 is 15.9 Å². The predicted octanol–water partition coefficient (Wildman–Crippen LogP) is 2.94. The first kappa shape index (κ1) is 13.8. The molecule has 0 amide bonds. The van der Waals surface area contributed by atoms with Crippen LogP contribution in [0.3, 0.4) is 0 Å². The van der Waals surface area contributed by atoms with Crippen molar-refractivity contribution >= 4 is 15.9 Å². The summed E-state index contributed by atoms with van der Waals surface area (Å²) in [5.41, 5.74) is 7.24. The van der Waals surface area contributed by atoms with Gasteiger partial charge in [-0.05, 0) is 59.6 Å². The second kappa shape index (κ2) is 6.55. The number of benzene rings is 1. The molecule has 1 heterocycles. The summed E-state index contributed by atoms with van der Waals surface area (Å²) in [6.45, 7) is 2.98. The Balaban J connectivity index is 2.18. The lowest BCUT2D eigenvalue weighted by atomic mass is 10.0. The summed E-state index contributed by atoms with van der Waals surface area (Å²) in [5.74, 6) is 0.869. The van der Waals surface area contributed by atoms with Crippen molar-refractivity contribution in [3.63, 3.8) is 0 Å². The van der Waals surface area contributed by atoms with E-state index in [1.165, 1.54) is 24.8 Å². The van der Waals surface area contributed by atoms with E-state index >= 15 is 0 Å². The molecule has 4 heteroatoms. The number of nitrogens with two attached hydrogens (primary N) is 1. The molecule has 1 aromatic carbocycles. The van der Waals surface area contributed by atoms with E-state index in [9.17, 15) is 0 Å². The van der Waals surface area contributed by atoms with Gasteiger partial charge in [0.25, 0.3) is 0 Å². The van der Waals surface area contributed by atoms with E-state index in [1.54, 1.807) is 7.11 Å². The summed E-state index contributed by atoms with van der Waals surface area (Å²) in [4.78, 5) is 2.50. The summed E-state index contributed by atoms with van der Waals surface area (Å²) >= 11 is 3.54. The van der Waals surface area contributed by atoms with Gasteiger partial charge in [-0.3, -0.25) is 4.90 Å². The molecule has 3 nitrogen and oxygen atoms in total. The number of hydrogen-bond acceptors (Lipinski definition) is 3. The molecule has 0 spiro atoms. The Kier molecular flexibility index (Phi) is 5.03. The van der Waals surface area contributed by atoms with Crippen molar-refractivity contribution in [2.24, 2.45) is 5.73 Å². The van der Waals surface area contributed by atoms with E-state index in [0.29, 0.717) is 12.6 Å². The SMILES string of the molecule is COc1ccc(C(CN)N2CCCCC2)cc1Br. The molecule has 1 fully saturated rings. The lowest BCUT2D eigenvalue weighted by Gasteiger charge is -2.34. The minimum absolute atomic E-state index is 0.326. The average molecular weight is 313 g/mol. The summed E-state index contributed by atoms with van der Waals surface area (Å²) < 4.78 is 6.27. The molecule has 2 N–H and O–H groups in total. The van der Waals surface area contributed by atoms with E-state index in [1.807, 2.05) is 6.07 Å². The summed E-state index contributed by atoms with van der Waals surface area (Å²) in [5, 5.41) is 0. The van der Waals surface area contributed by atoms with Gasteiger partial charge in [0.05, 0.1) is 11.6 Å². The second-order valence-electron chi connectivity index (χ2n) is 4.74. The fraction of sp³-hybridized carbons (Fsp3) is 0.571. The Bertz CT molecular complexity index is 391. The molecule has 1 saturated heterocycles. The van der Waals surface area contributed by atoms with Gasteiger partial charge >= 0.3 is 0 Å². The van der Waals surface area contributed by atoms with Gasteiger partial charge in [0, 0.05) is 12.6 Å². The molecule has 1 atom stereocenters. The first-order valence-electron chi connectivity index (χ1n) is 6.54. The van der Waals surface area contributed by atoms with Crippen LogP contribution in [0.1, 0.15) is 30.9 Å². The maximum Gasteiger partial charge on any atom is 0.133 e. The van der Waals surface area contributed by atoms with Gasteiger partial charge in [-0.15, -0.1) is 0 Å². The van der Waals surface area contributed by atoms with Crippen molar-refractivity contribution in [3.8, 4) is 5.75 Å². The zero-order valence-corrected chi connectivity index (χ0v) is 12.4. The molecule has 0 saturated carbocycles. The van der Waals surface area contributed by atoms with E-state index in [-0.39, 0.29) is 0 Å². The molecular formula is C14H21BrN2O. The van der Waals surface area contributed by atoms with Crippen LogP contribution in [-0.2, 0) is 0 Å². The number of methoxy groups -OCH3 is 1. The molecule has 100 valence electrons. The first-order chi connectivity index (χ1) is 8.76. The Labute approximate surface area is 117 Å². The Morgan fingerprint density at radius 3 is 2.61 bits per heavy atom. The van der Waals surface area contributed by atoms with Crippen LogP contribution in [-0.4, -0.2) is 31.6 Å². The van der Waals surface area contributed by atoms with Crippen molar-refractivity contribution in [2.45, 2.75) is 25.3 Å². The molecule has 1 aliphatic heterocycles. The third-order valence-electron chi connectivity index (χ3n) is 3.62. The van der Waals surface area contributed by atoms with Gasteiger partial charge in [-0.1, -0.05) is 12.5 Å². The van der Waals surface area contributed by atoms with Gasteiger partial charge in [-0.25, -0.2) is 0 Å². The fourth-order valence-electron chi connectivity index (χ4n) is 2.62. The number of halogens is 1. The second-order valence-corrected chi connectivity index (χ2v) is 5.60. The lowest BCUT2D eigenvalue weighted by Crippen LogP contribution is -2.37. The van der Waals surface area contributed by atoms with Crippen LogP contribution in [0.5, 0.6) is 5.75 Å². The predicted molar refractivity (Wildman–Crippen MR) is 77.9 cm³/mol. The third-order valence-corrected chi connectivity index (χ3v) is 4.24. The minimum atomic E-state index is 0.326. The molecule has 1 unspecified atom stereocenters. The van der Waals surface area contributed by atoms with Gasteiger partial charge in [0.2, 0.25) is 0 Å². The average Bonchev–Trinajstić information content (AvgIpc) is 2.41. The van der Waals surface area contributed by atoms with Crippen molar-refractivity contribution < 1.29 is 4.74 Å². The van der Waals surface area contributed by atoms with E-state index < -0.39 is 0 Å².